The van der Waals surface area contributed by atoms with E-state index in [1.807, 2.05) is 0 Å². The fraction of sp³-hybridized carbons (Fsp3) is 0.208. The summed E-state index contributed by atoms with van der Waals surface area (Å²) in [6.45, 7) is 0.439. The lowest BCUT2D eigenvalue weighted by molar-refractivity contribution is -0.137. The molecule has 0 spiro atoms. The van der Waals surface area contributed by atoms with Gasteiger partial charge in [0.15, 0.2) is 11.5 Å². The molecule has 0 bridgehead atoms. The third kappa shape index (κ3) is 4.98. The van der Waals surface area contributed by atoms with E-state index in [-0.39, 0.29) is 31.9 Å². The van der Waals surface area contributed by atoms with Crippen LogP contribution >= 0.6 is 0 Å². The van der Waals surface area contributed by atoms with Crippen molar-refractivity contribution in [2.45, 2.75) is 19.1 Å². The second kappa shape index (κ2) is 9.16. The summed E-state index contributed by atoms with van der Waals surface area (Å²) in [7, 11) is 0. The molecule has 0 N–H and O–H groups in total. The Kier molecular flexibility index (Phi) is 5.89. The van der Waals surface area contributed by atoms with Crippen LogP contribution in [-0.2, 0) is 19.1 Å². The van der Waals surface area contributed by atoms with Crippen molar-refractivity contribution in [1.82, 2.24) is 15.0 Å². The lowest BCUT2D eigenvalue weighted by atomic mass is 10.1. The first-order valence-corrected chi connectivity index (χ1v) is 10.6. The number of hydrogen-bond acceptors (Lipinski definition) is 7. The molecule has 0 fully saturated rings. The van der Waals surface area contributed by atoms with Crippen molar-refractivity contribution in [3.63, 3.8) is 0 Å². The number of ether oxygens (including phenoxy) is 2. The molecule has 0 saturated heterocycles. The van der Waals surface area contributed by atoms with Gasteiger partial charge in [-0.2, -0.15) is 18.2 Å². The molecule has 5 rings (SSSR count). The molecule has 0 radical (unpaired) electrons. The van der Waals surface area contributed by atoms with Gasteiger partial charge in [-0.15, -0.1) is 0 Å². The average molecular weight is 485 g/mol. The summed E-state index contributed by atoms with van der Waals surface area (Å²) in [5.74, 6) is 1.93. The smallest absolute Gasteiger partial charge is 0.416 e. The zero-order chi connectivity index (χ0) is 24.4. The molecule has 0 aliphatic carbocycles. The normalized spacial score (nSPS) is 12.7. The first-order chi connectivity index (χ1) is 16.9. The van der Waals surface area contributed by atoms with Gasteiger partial charge in [-0.05, 0) is 54.6 Å². The Bertz CT molecular complexity index is 1320. The summed E-state index contributed by atoms with van der Waals surface area (Å²) in [6.07, 6.45) is -2.78. The number of hydrogen-bond donors (Lipinski definition) is 0. The Hall–Kier alpha value is -4.28. The SMILES string of the molecule is O=C(c1ccc(C(F)(F)F)cc1)N(CCc1nc(-c2ccc3c(c2)OCO3)no1)Cc1ccco1. The molecule has 1 amide bonds. The van der Waals surface area contributed by atoms with Gasteiger partial charge in [0, 0.05) is 24.1 Å². The molecule has 2 aromatic carbocycles. The topological polar surface area (TPSA) is 90.8 Å². The fourth-order valence-electron chi connectivity index (χ4n) is 3.57. The lowest BCUT2D eigenvalue weighted by Gasteiger charge is -2.21. The van der Waals surface area contributed by atoms with Crippen molar-refractivity contribution in [2.24, 2.45) is 0 Å². The van der Waals surface area contributed by atoms with E-state index in [0.29, 0.717) is 34.5 Å². The number of aromatic nitrogens is 2. The quantitative estimate of drug-likeness (QED) is 0.365. The standard InChI is InChI=1S/C24H18F3N3O5/c25-24(26,27)17-6-3-15(4-7-17)23(31)30(13-18-2-1-11-32-18)10-9-21-28-22(29-35-21)16-5-8-19-20(12-16)34-14-33-19/h1-8,11-12H,9-10,13-14H2. The van der Waals surface area contributed by atoms with Crippen LogP contribution in [0.5, 0.6) is 11.5 Å². The first-order valence-electron chi connectivity index (χ1n) is 10.6. The van der Waals surface area contributed by atoms with Crippen molar-refractivity contribution < 1.29 is 36.4 Å². The highest BCUT2D eigenvalue weighted by atomic mass is 19.4. The van der Waals surface area contributed by atoms with Crippen LogP contribution in [0.1, 0.15) is 27.6 Å². The summed E-state index contributed by atoms with van der Waals surface area (Å²) in [5, 5.41) is 3.99. The van der Waals surface area contributed by atoms with Gasteiger partial charge in [0.25, 0.3) is 5.91 Å². The Morgan fingerprint density at radius 1 is 1.03 bits per heavy atom. The van der Waals surface area contributed by atoms with Crippen LogP contribution in [0.2, 0.25) is 0 Å². The molecule has 0 atom stereocenters. The lowest BCUT2D eigenvalue weighted by Crippen LogP contribution is -2.32. The third-order valence-electron chi connectivity index (χ3n) is 5.37. The highest BCUT2D eigenvalue weighted by Crippen LogP contribution is 2.35. The summed E-state index contributed by atoms with van der Waals surface area (Å²) >= 11 is 0. The molecule has 11 heteroatoms. The fourth-order valence-corrected chi connectivity index (χ4v) is 3.57. The molecule has 35 heavy (non-hydrogen) atoms. The molecule has 4 aromatic rings. The molecule has 0 saturated carbocycles. The van der Waals surface area contributed by atoms with Crippen molar-refractivity contribution >= 4 is 5.91 Å². The predicted octanol–water partition coefficient (Wildman–Crippen LogP) is 4.96. The Morgan fingerprint density at radius 3 is 2.57 bits per heavy atom. The van der Waals surface area contributed by atoms with Gasteiger partial charge in [0.2, 0.25) is 18.5 Å². The molecule has 2 aromatic heterocycles. The average Bonchev–Trinajstić information content (AvgIpc) is 3.62. The summed E-state index contributed by atoms with van der Waals surface area (Å²) in [6, 6.07) is 12.7. The third-order valence-corrected chi connectivity index (χ3v) is 5.37. The van der Waals surface area contributed by atoms with Crippen LogP contribution < -0.4 is 9.47 Å². The minimum atomic E-state index is -4.48. The second-order valence-electron chi connectivity index (χ2n) is 7.71. The van der Waals surface area contributed by atoms with E-state index in [9.17, 15) is 18.0 Å². The van der Waals surface area contributed by atoms with Gasteiger partial charge >= 0.3 is 6.18 Å². The molecule has 1 aliphatic heterocycles. The number of fused-ring (bicyclic) bond motifs is 1. The maximum Gasteiger partial charge on any atom is 0.416 e. The van der Waals surface area contributed by atoms with E-state index in [1.165, 1.54) is 11.2 Å². The van der Waals surface area contributed by atoms with Crippen molar-refractivity contribution in [3.8, 4) is 22.9 Å². The van der Waals surface area contributed by atoms with Crippen LogP contribution in [0.3, 0.4) is 0 Å². The zero-order valence-electron chi connectivity index (χ0n) is 18.1. The number of nitrogens with zero attached hydrogens (tertiary/aromatic N) is 3. The van der Waals surface area contributed by atoms with Gasteiger partial charge in [-0.3, -0.25) is 4.79 Å². The predicted molar refractivity (Wildman–Crippen MR) is 114 cm³/mol. The summed E-state index contributed by atoms with van der Waals surface area (Å²) in [5.41, 5.74) is -0.0257. The number of amides is 1. The van der Waals surface area contributed by atoms with Crippen LogP contribution in [-0.4, -0.2) is 34.3 Å². The van der Waals surface area contributed by atoms with Gasteiger partial charge in [0.05, 0.1) is 18.4 Å². The zero-order valence-corrected chi connectivity index (χ0v) is 18.1. The van der Waals surface area contributed by atoms with Crippen LogP contribution in [0.25, 0.3) is 11.4 Å². The Labute approximate surface area is 196 Å². The number of alkyl halides is 3. The van der Waals surface area contributed by atoms with Crippen LogP contribution in [0.4, 0.5) is 13.2 Å². The number of rotatable bonds is 7. The van der Waals surface area contributed by atoms with E-state index < -0.39 is 17.6 Å². The van der Waals surface area contributed by atoms with Gasteiger partial charge in [-0.1, -0.05) is 5.16 Å². The second-order valence-corrected chi connectivity index (χ2v) is 7.71. The largest absolute Gasteiger partial charge is 0.467 e. The van der Waals surface area contributed by atoms with E-state index in [2.05, 4.69) is 10.1 Å². The highest BCUT2D eigenvalue weighted by molar-refractivity contribution is 5.94. The Balaban J connectivity index is 1.31. The molecular formula is C24H18F3N3O5. The van der Waals surface area contributed by atoms with Crippen molar-refractivity contribution in [1.29, 1.82) is 0 Å². The molecule has 180 valence electrons. The highest BCUT2D eigenvalue weighted by Gasteiger charge is 2.30. The minimum absolute atomic E-state index is 0.121. The molecule has 8 nitrogen and oxygen atoms in total. The number of halogens is 3. The van der Waals surface area contributed by atoms with Gasteiger partial charge < -0.3 is 23.3 Å². The Morgan fingerprint density at radius 2 is 1.83 bits per heavy atom. The number of benzene rings is 2. The summed E-state index contributed by atoms with van der Waals surface area (Å²) < 4.78 is 60.0. The van der Waals surface area contributed by atoms with Gasteiger partial charge in [-0.25, -0.2) is 0 Å². The molecule has 0 unspecified atom stereocenters. The number of carbonyl (C=O) groups excluding carboxylic acids is 1. The minimum Gasteiger partial charge on any atom is -0.467 e. The molecule has 3 heterocycles. The molecular weight excluding hydrogens is 467 g/mol. The monoisotopic (exact) mass is 485 g/mol. The number of carbonyl (C=O) groups is 1. The summed E-state index contributed by atoms with van der Waals surface area (Å²) in [4.78, 5) is 18.9. The van der Waals surface area contributed by atoms with Gasteiger partial charge in [0.1, 0.15) is 5.76 Å². The van der Waals surface area contributed by atoms with Crippen molar-refractivity contribution in [2.75, 3.05) is 13.3 Å². The number of furan rings is 1. The van der Waals surface area contributed by atoms with E-state index in [1.54, 1.807) is 30.3 Å². The first kappa shape index (κ1) is 22.5. The van der Waals surface area contributed by atoms with E-state index in [0.717, 1.165) is 24.3 Å². The van der Waals surface area contributed by atoms with Crippen LogP contribution in [0.15, 0.2) is 69.8 Å². The van der Waals surface area contributed by atoms with Crippen molar-refractivity contribution in [3.05, 3.63) is 83.6 Å². The van der Waals surface area contributed by atoms with Crippen LogP contribution in [0, 0.1) is 0 Å². The maximum atomic E-state index is 13.1. The molecule has 1 aliphatic rings. The maximum absolute atomic E-state index is 13.1. The van der Waals surface area contributed by atoms with E-state index >= 15 is 0 Å². The van der Waals surface area contributed by atoms with E-state index in [4.69, 9.17) is 18.4 Å².